The summed E-state index contributed by atoms with van der Waals surface area (Å²) in [5.74, 6) is -1.26. The molecule has 0 unspecified atom stereocenters. The number of nitrogens with one attached hydrogen (secondary N) is 1. The van der Waals surface area contributed by atoms with E-state index in [9.17, 15) is 9.59 Å². The van der Waals surface area contributed by atoms with Gasteiger partial charge in [-0.05, 0) is 25.0 Å². The largest absolute Gasteiger partial charge is 0.466 e. The van der Waals surface area contributed by atoms with Gasteiger partial charge in [-0.15, -0.1) is 0 Å². The minimum Gasteiger partial charge on any atom is -0.466 e. The Kier molecular flexibility index (Phi) is 5.11. The maximum atomic E-state index is 11.6. The van der Waals surface area contributed by atoms with Crippen LogP contribution in [0.1, 0.15) is 11.1 Å². The molecule has 0 radical (unpaired) electrons. The van der Waals surface area contributed by atoms with E-state index in [0.717, 1.165) is 22.9 Å². The van der Waals surface area contributed by atoms with Crippen molar-refractivity contribution in [1.82, 2.24) is 0 Å². The number of esters is 2. The van der Waals surface area contributed by atoms with Crippen molar-refractivity contribution in [3.63, 3.8) is 0 Å². The Labute approximate surface area is 112 Å². The average molecular weight is 263 g/mol. The van der Waals surface area contributed by atoms with Crippen molar-refractivity contribution in [3.05, 3.63) is 41.1 Å². The van der Waals surface area contributed by atoms with E-state index in [1.165, 1.54) is 14.2 Å². The summed E-state index contributed by atoms with van der Waals surface area (Å²) in [7, 11) is 2.49. The van der Waals surface area contributed by atoms with Gasteiger partial charge in [0.1, 0.15) is 5.70 Å². The molecule has 0 saturated carbocycles. The highest BCUT2D eigenvalue weighted by molar-refractivity contribution is 5.99. The van der Waals surface area contributed by atoms with Crippen LogP contribution in [0.25, 0.3) is 0 Å². The summed E-state index contributed by atoms with van der Waals surface area (Å²) < 4.78 is 9.14. The SMILES string of the molecule is COC(=O)/C=C(/Nc1c(C)cccc1C)C(=O)OC. The third-order valence-corrected chi connectivity index (χ3v) is 2.61. The highest BCUT2D eigenvalue weighted by atomic mass is 16.5. The second-order valence-electron chi connectivity index (χ2n) is 3.96. The Balaban J connectivity index is 3.11. The van der Waals surface area contributed by atoms with Crippen molar-refractivity contribution in [3.8, 4) is 0 Å². The second kappa shape index (κ2) is 6.58. The van der Waals surface area contributed by atoms with Crippen LogP contribution in [0.3, 0.4) is 0 Å². The van der Waals surface area contributed by atoms with Crippen LogP contribution in [0.4, 0.5) is 5.69 Å². The number of hydrogen-bond donors (Lipinski definition) is 1. The zero-order valence-corrected chi connectivity index (χ0v) is 11.4. The molecule has 1 rings (SSSR count). The minimum absolute atomic E-state index is 0.0340. The van der Waals surface area contributed by atoms with Crippen LogP contribution in [0.2, 0.25) is 0 Å². The van der Waals surface area contributed by atoms with Crippen molar-refractivity contribution < 1.29 is 19.1 Å². The van der Waals surface area contributed by atoms with Gasteiger partial charge >= 0.3 is 11.9 Å². The van der Waals surface area contributed by atoms with Crippen molar-refractivity contribution in [2.45, 2.75) is 13.8 Å². The molecule has 1 aromatic carbocycles. The highest BCUT2D eigenvalue weighted by Gasteiger charge is 2.14. The van der Waals surface area contributed by atoms with E-state index in [1.54, 1.807) is 0 Å². The lowest BCUT2D eigenvalue weighted by molar-refractivity contribution is -0.138. The fourth-order valence-corrected chi connectivity index (χ4v) is 1.58. The molecule has 0 aliphatic carbocycles. The number of aryl methyl sites for hydroxylation is 2. The third kappa shape index (κ3) is 3.84. The zero-order valence-electron chi connectivity index (χ0n) is 11.4. The van der Waals surface area contributed by atoms with Gasteiger partial charge in [0.25, 0.3) is 0 Å². The maximum Gasteiger partial charge on any atom is 0.354 e. The molecule has 19 heavy (non-hydrogen) atoms. The molecular weight excluding hydrogens is 246 g/mol. The van der Waals surface area contributed by atoms with E-state index in [0.29, 0.717) is 0 Å². The fourth-order valence-electron chi connectivity index (χ4n) is 1.58. The summed E-state index contributed by atoms with van der Waals surface area (Å²) in [5.41, 5.74) is 2.72. The van der Waals surface area contributed by atoms with Gasteiger partial charge in [0.15, 0.2) is 0 Å². The first-order valence-electron chi connectivity index (χ1n) is 5.70. The van der Waals surface area contributed by atoms with Crippen molar-refractivity contribution in [1.29, 1.82) is 0 Å². The summed E-state index contributed by atoms with van der Waals surface area (Å²) in [6.07, 6.45) is 1.07. The Bertz CT molecular complexity index is 500. The van der Waals surface area contributed by atoms with Crippen LogP contribution in [0.5, 0.6) is 0 Å². The van der Waals surface area contributed by atoms with Crippen LogP contribution >= 0.6 is 0 Å². The molecule has 1 N–H and O–H groups in total. The molecule has 102 valence electrons. The fraction of sp³-hybridized carbons (Fsp3) is 0.286. The van der Waals surface area contributed by atoms with E-state index < -0.39 is 11.9 Å². The van der Waals surface area contributed by atoms with E-state index in [2.05, 4.69) is 14.8 Å². The van der Waals surface area contributed by atoms with Crippen LogP contribution < -0.4 is 5.32 Å². The van der Waals surface area contributed by atoms with E-state index in [-0.39, 0.29) is 5.70 Å². The lowest BCUT2D eigenvalue weighted by Gasteiger charge is -2.13. The monoisotopic (exact) mass is 263 g/mol. The quantitative estimate of drug-likeness (QED) is 0.664. The third-order valence-electron chi connectivity index (χ3n) is 2.61. The number of carbonyl (C=O) groups is 2. The minimum atomic E-state index is -0.631. The van der Waals surface area contributed by atoms with Gasteiger partial charge < -0.3 is 14.8 Å². The van der Waals surface area contributed by atoms with Gasteiger partial charge in [-0.2, -0.15) is 0 Å². The predicted molar refractivity (Wildman–Crippen MR) is 71.7 cm³/mol. The van der Waals surface area contributed by atoms with Crippen LogP contribution in [-0.2, 0) is 19.1 Å². The van der Waals surface area contributed by atoms with Crippen LogP contribution in [-0.4, -0.2) is 26.2 Å². The Morgan fingerprint density at radius 1 is 1.11 bits per heavy atom. The predicted octanol–water partition coefficient (Wildman–Crippen LogP) is 1.95. The molecule has 0 spiro atoms. The molecule has 0 aromatic heterocycles. The van der Waals surface area contributed by atoms with Gasteiger partial charge in [-0.25, -0.2) is 9.59 Å². The molecule has 0 heterocycles. The first kappa shape index (κ1) is 14.8. The number of methoxy groups -OCH3 is 2. The normalized spacial score (nSPS) is 10.8. The molecule has 0 saturated heterocycles. The Hall–Kier alpha value is -2.30. The molecule has 1 aromatic rings. The van der Waals surface area contributed by atoms with E-state index in [1.807, 2.05) is 32.0 Å². The van der Waals surface area contributed by atoms with Gasteiger partial charge in [0, 0.05) is 5.69 Å². The summed E-state index contributed by atoms with van der Waals surface area (Å²) in [4.78, 5) is 22.9. The molecule has 0 aliphatic heterocycles. The number of hydrogen-bond acceptors (Lipinski definition) is 5. The number of rotatable bonds is 4. The molecule has 0 amide bonds. The number of benzene rings is 1. The number of anilines is 1. The molecule has 0 fully saturated rings. The summed E-state index contributed by atoms with van der Waals surface area (Å²) in [6.45, 7) is 3.81. The standard InChI is InChI=1S/C14H17NO4/c1-9-6-5-7-10(2)13(9)15-11(14(17)19-4)8-12(16)18-3/h5-8,15H,1-4H3/b11-8+. The van der Waals surface area contributed by atoms with Gasteiger partial charge in [-0.1, -0.05) is 18.2 Å². The first-order chi connectivity index (χ1) is 8.99. The van der Waals surface area contributed by atoms with Crippen molar-refractivity contribution in [2.75, 3.05) is 19.5 Å². The average Bonchev–Trinajstić information content (AvgIpc) is 2.40. The highest BCUT2D eigenvalue weighted by Crippen LogP contribution is 2.21. The van der Waals surface area contributed by atoms with Gasteiger partial charge in [0.05, 0.1) is 20.3 Å². The number of para-hydroxylation sites is 1. The summed E-state index contributed by atoms with van der Waals surface area (Å²) >= 11 is 0. The maximum absolute atomic E-state index is 11.6. The van der Waals surface area contributed by atoms with Gasteiger partial charge in [0.2, 0.25) is 0 Å². The van der Waals surface area contributed by atoms with Crippen LogP contribution in [0.15, 0.2) is 30.0 Å². The smallest absolute Gasteiger partial charge is 0.354 e. The Morgan fingerprint density at radius 2 is 1.68 bits per heavy atom. The van der Waals surface area contributed by atoms with E-state index in [4.69, 9.17) is 0 Å². The molecule has 0 atom stereocenters. The molecular formula is C14H17NO4. The zero-order chi connectivity index (χ0) is 14.4. The topological polar surface area (TPSA) is 64.6 Å². The lowest BCUT2D eigenvalue weighted by Crippen LogP contribution is -2.16. The van der Waals surface area contributed by atoms with Crippen molar-refractivity contribution >= 4 is 17.6 Å². The Morgan fingerprint density at radius 3 is 2.16 bits per heavy atom. The molecule has 0 aliphatic rings. The number of carbonyl (C=O) groups excluding carboxylic acids is 2. The van der Waals surface area contributed by atoms with Crippen LogP contribution in [0, 0.1) is 13.8 Å². The lowest BCUT2D eigenvalue weighted by atomic mass is 10.1. The first-order valence-corrected chi connectivity index (χ1v) is 5.70. The number of ether oxygens (including phenoxy) is 2. The molecule has 5 heteroatoms. The second-order valence-corrected chi connectivity index (χ2v) is 3.96. The summed E-state index contributed by atoms with van der Waals surface area (Å²) in [5, 5.41) is 2.92. The summed E-state index contributed by atoms with van der Waals surface area (Å²) in [6, 6.07) is 5.72. The molecule has 0 bridgehead atoms. The van der Waals surface area contributed by atoms with Gasteiger partial charge in [-0.3, -0.25) is 0 Å². The van der Waals surface area contributed by atoms with E-state index >= 15 is 0 Å². The molecule has 5 nitrogen and oxygen atoms in total. The van der Waals surface area contributed by atoms with Crippen molar-refractivity contribution in [2.24, 2.45) is 0 Å².